The Morgan fingerprint density at radius 1 is 1.00 bits per heavy atom. The number of nitrogens with one attached hydrogen (secondary N) is 3. The van der Waals surface area contributed by atoms with Gasteiger partial charge < -0.3 is 10.3 Å². The lowest BCUT2D eigenvalue weighted by Crippen LogP contribution is -2.28. The number of hydrogen-bond donors (Lipinski definition) is 3. The molecule has 176 valence electrons. The first-order valence-electron chi connectivity index (χ1n) is 12.0. The number of amides is 1. The van der Waals surface area contributed by atoms with Crippen molar-refractivity contribution in [1.29, 1.82) is 0 Å². The number of pyridine rings is 2. The highest BCUT2D eigenvalue weighted by atomic mass is 32.1. The minimum atomic E-state index is 0.0755. The highest BCUT2D eigenvalue weighted by Crippen LogP contribution is 2.35. The van der Waals surface area contributed by atoms with Gasteiger partial charge >= 0.3 is 0 Å². The second-order valence-electron chi connectivity index (χ2n) is 9.23. The number of fused-ring (bicyclic) bond motifs is 2. The zero-order chi connectivity index (χ0) is 24.1. The zero-order valence-corrected chi connectivity index (χ0v) is 20.1. The molecule has 0 saturated heterocycles. The van der Waals surface area contributed by atoms with Crippen molar-refractivity contribution in [2.45, 2.75) is 19.3 Å². The summed E-state index contributed by atoms with van der Waals surface area (Å²) in [7, 11) is 0. The van der Waals surface area contributed by atoms with Gasteiger partial charge in [0.05, 0.1) is 17.6 Å². The largest absolute Gasteiger partial charge is 0.353 e. The van der Waals surface area contributed by atoms with E-state index in [9.17, 15) is 4.79 Å². The molecular weight excluding hydrogens is 468 g/mol. The summed E-state index contributed by atoms with van der Waals surface area (Å²) in [5, 5.41) is 17.0. The molecule has 1 amide bonds. The number of H-pyrrole nitrogens is 2. The summed E-state index contributed by atoms with van der Waals surface area (Å²) in [5.41, 5.74) is 8.43. The molecule has 0 radical (unpaired) electrons. The lowest BCUT2D eigenvalue weighted by molar-refractivity contribution is -0.122. The van der Waals surface area contributed by atoms with E-state index >= 15 is 0 Å². The van der Waals surface area contributed by atoms with Crippen molar-refractivity contribution in [2.75, 3.05) is 5.32 Å². The van der Waals surface area contributed by atoms with Gasteiger partial charge in [0.15, 0.2) is 5.65 Å². The Bertz CT molecular complexity index is 1730. The number of rotatable bonds is 5. The van der Waals surface area contributed by atoms with Crippen molar-refractivity contribution in [1.82, 2.24) is 25.1 Å². The van der Waals surface area contributed by atoms with Crippen LogP contribution in [0.25, 0.3) is 55.6 Å². The van der Waals surface area contributed by atoms with Crippen molar-refractivity contribution in [3.8, 4) is 33.6 Å². The Hall–Kier alpha value is -4.30. The van der Waals surface area contributed by atoms with E-state index in [4.69, 9.17) is 0 Å². The van der Waals surface area contributed by atoms with Crippen molar-refractivity contribution in [2.24, 2.45) is 5.92 Å². The number of thiophene rings is 1. The molecule has 3 N–H and O–H groups in total. The number of aromatic amines is 2. The Morgan fingerprint density at radius 3 is 2.75 bits per heavy atom. The molecule has 0 bridgehead atoms. The summed E-state index contributed by atoms with van der Waals surface area (Å²) in [4.78, 5) is 24.9. The summed E-state index contributed by atoms with van der Waals surface area (Å²) in [6.45, 7) is 0. The summed E-state index contributed by atoms with van der Waals surface area (Å²) in [6.07, 6.45) is 8.33. The van der Waals surface area contributed by atoms with Crippen molar-refractivity contribution >= 4 is 44.9 Å². The second kappa shape index (κ2) is 8.42. The van der Waals surface area contributed by atoms with Crippen LogP contribution in [-0.2, 0) is 4.79 Å². The molecule has 7 rings (SSSR count). The first-order chi connectivity index (χ1) is 17.7. The van der Waals surface area contributed by atoms with E-state index in [0.717, 1.165) is 58.1 Å². The number of nitrogens with zero attached hydrogens (tertiary/aromatic N) is 3. The predicted octanol–water partition coefficient (Wildman–Crippen LogP) is 6.64. The Kier molecular flexibility index (Phi) is 4.92. The maximum atomic E-state index is 12.4. The number of aromatic nitrogens is 5. The molecule has 1 aromatic carbocycles. The molecule has 1 fully saturated rings. The third-order valence-corrected chi connectivity index (χ3v) is 7.67. The van der Waals surface area contributed by atoms with Gasteiger partial charge in [-0.05, 0) is 65.1 Å². The topological polar surface area (TPSA) is 99.3 Å². The van der Waals surface area contributed by atoms with Crippen LogP contribution >= 0.6 is 11.3 Å². The Morgan fingerprint density at radius 2 is 1.92 bits per heavy atom. The summed E-state index contributed by atoms with van der Waals surface area (Å²) < 4.78 is 0. The van der Waals surface area contributed by atoms with E-state index in [-0.39, 0.29) is 11.8 Å². The van der Waals surface area contributed by atoms with Crippen LogP contribution in [0.3, 0.4) is 0 Å². The molecule has 8 heteroatoms. The minimum Gasteiger partial charge on any atom is -0.353 e. The number of carbonyl (C=O) groups is 1. The molecule has 7 nitrogen and oxygen atoms in total. The van der Waals surface area contributed by atoms with E-state index in [1.54, 1.807) is 29.9 Å². The first-order valence-corrected chi connectivity index (χ1v) is 12.9. The van der Waals surface area contributed by atoms with Gasteiger partial charge in [0, 0.05) is 45.7 Å². The molecule has 5 aromatic heterocycles. The molecule has 0 spiro atoms. The van der Waals surface area contributed by atoms with Gasteiger partial charge in [-0.2, -0.15) is 16.4 Å². The van der Waals surface area contributed by atoms with Crippen LogP contribution in [0, 0.1) is 5.92 Å². The lowest BCUT2D eigenvalue weighted by Gasteiger charge is -2.24. The maximum absolute atomic E-state index is 12.4. The standard InChI is InChI=1S/C28H22N6OS/c35-28(16-3-1-4-16)31-20-9-18(12-29-14-20)19-10-23-26(33-34-27(23)30-13-19)25-11-22-21(17-7-8-36-15-17)5-2-6-24(22)32-25/h2,5-16,32H,1,3-4H2,(H,31,35)(H,30,33,34). The molecule has 0 aliphatic heterocycles. The van der Waals surface area contributed by atoms with Gasteiger partial charge in [0.25, 0.3) is 0 Å². The van der Waals surface area contributed by atoms with E-state index in [0.29, 0.717) is 11.3 Å². The quantitative estimate of drug-likeness (QED) is 0.252. The highest BCUT2D eigenvalue weighted by molar-refractivity contribution is 7.08. The summed E-state index contributed by atoms with van der Waals surface area (Å²) in [6, 6.07) is 14.6. The molecule has 0 unspecified atom stereocenters. The maximum Gasteiger partial charge on any atom is 0.227 e. The number of carbonyl (C=O) groups excluding carboxylic acids is 1. The van der Waals surface area contributed by atoms with Crippen LogP contribution in [0.1, 0.15) is 19.3 Å². The number of benzene rings is 1. The van der Waals surface area contributed by atoms with Gasteiger partial charge in [-0.25, -0.2) is 4.98 Å². The Balaban J connectivity index is 1.26. The monoisotopic (exact) mass is 490 g/mol. The fraction of sp³-hybridized carbons (Fsp3) is 0.143. The van der Waals surface area contributed by atoms with E-state index in [1.165, 1.54) is 11.1 Å². The van der Waals surface area contributed by atoms with Crippen LogP contribution in [0.15, 0.2) is 71.8 Å². The van der Waals surface area contributed by atoms with E-state index < -0.39 is 0 Å². The Labute approximate surface area is 210 Å². The molecular formula is C28H22N6OS. The average Bonchev–Trinajstić information content (AvgIpc) is 3.61. The zero-order valence-electron chi connectivity index (χ0n) is 19.3. The third-order valence-electron chi connectivity index (χ3n) is 6.98. The fourth-order valence-electron chi connectivity index (χ4n) is 4.80. The predicted molar refractivity (Wildman–Crippen MR) is 144 cm³/mol. The molecule has 6 aromatic rings. The molecule has 1 saturated carbocycles. The van der Waals surface area contributed by atoms with Gasteiger partial charge in [-0.15, -0.1) is 0 Å². The molecule has 5 heterocycles. The smallest absolute Gasteiger partial charge is 0.227 e. The molecule has 1 aliphatic carbocycles. The second-order valence-corrected chi connectivity index (χ2v) is 10.0. The first kappa shape index (κ1) is 21.0. The van der Waals surface area contributed by atoms with Gasteiger partial charge in [-0.1, -0.05) is 18.6 Å². The molecule has 36 heavy (non-hydrogen) atoms. The van der Waals surface area contributed by atoms with Crippen molar-refractivity contribution in [3.05, 3.63) is 71.8 Å². The van der Waals surface area contributed by atoms with E-state index in [1.807, 2.05) is 6.07 Å². The van der Waals surface area contributed by atoms with Gasteiger partial charge in [0.2, 0.25) is 5.91 Å². The fourth-order valence-corrected chi connectivity index (χ4v) is 5.46. The molecule has 0 atom stereocenters. The highest BCUT2D eigenvalue weighted by Gasteiger charge is 2.25. The minimum absolute atomic E-state index is 0.0755. The van der Waals surface area contributed by atoms with Crippen LogP contribution in [-0.4, -0.2) is 31.1 Å². The SMILES string of the molecule is O=C(Nc1cncc(-c2cnc3[nH]nc(-c4cc5c(-c6ccsc6)cccc5[nH]4)c3c2)c1)C1CCC1. The van der Waals surface area contributed by atoms with Crippen LogP contribution < -0.4 is 5.32 Å². The number of anilines is 1. The summed E-state index contributed by atoms with van der Waals surface area (Å²) in [5.74, 6) is 0.197. The summed E-state index contributed by atoms with van der Waals surface area (Å²) >= 11 is 1.69. The molecule has 1 aliphatic rings. The van der Waals surface area contributed by atoms with Gasteiger partial charge in [-0.3, -0.25) is 14.9 Å². The lowest BCUT2D eigenvalue weighted by atomic mass is 9.85. The normalized spacial score (nSPS) is 13.8. The van der Waals surface area contributed by atoms with E-state index in [2.05, 4.69) is 77.6 Å². The van der Waals surface area contributed by atoms with Crippen LogP contribution in [0.4, 0.5) is 5.69 Å². The average molecular weight is 491 g/mol. The van der Waals surface area contributed by atoms with Crippen molar-refractivity contribution in [3.63, 3.8) is 0 Å². The number of hydrogen-bond acceptors (Lipinski definition) is 5. The third kappa shape index (κ3) is 3.58. The van der Waals surface area contributed by atoms with Crippen molar-refractivity contribution < 1.29 is 4.79 Å². The van der Waals surface area contributed by atoms with Crippen LogP contribution in [0.5, 0.6) is 0 Å². The van der Waals surface area contributed by atoms with Crippen LogP contribution in [0.2, 0.25) is 0 Å². The van der Waals surface area contributed by atoms with Gasteiger partial charge in [0.1, 0.15) is 5.69 Å².